The van der Waals surface area contributed by atoms with Gasteiger partial charge in [-0.2, -0.15) is 5.10 Å². The molecule has 0 aromatic heterocycles. The minimum absolute atomic E-state index is 0.0495. The normalized spacial score (nSPS) is 24.9. The zero-order chi connectivity index (χ0) is 21.0. The average molecular weight is 407 g/mol. The van der Waals surface area contributed by atoms with Crippen LogP contribution in [0.5, 0.6) is 11.5 Å². The van der Waals surface area contributed by atoms with E-state index >= 15 is 0 Å². The molecule has 158 valence electrons. The highest BCUT2D eigenvalue weighted by Crippen LogP contribution is 2.66. The topological polar surface area (TPSA) is 59.9 Å². The molecule has 0 aliphatic heterocycles. The molecule has 2 fully saturated rings. The standard InChI is InChI=1S/C25H30N2O3/c1-3-29-22-15-19(12-13-21(22)30-17-18-9-5-4-6-10-18)16-26-27-24(28)23-20-11-7-8-14-25(20,23)2/h4-6,9-10,12-13,15-16,20,23H,3,7-8,11,14,17H2,1-2H3,(H,27,28)/b26-16+/t20-,23+,25+/m1/s1. The Balaban J connectivity index is 1.36. The zero-order valence-corrected chi connectivity index (χ0v) is 17.8. The van der Waals surface area contributed by atoms with Crippen LogP contribution in [0.4, 0.5) is 0 Å². The highest BCUT2D eigenvalue weighted by atomic mass is 16.5. The van der Waals surface area contributed by atoms with Crippen LogP contribution in [0, 0.1) is 17.3 Å². The summed E-state index contributed by atoms with van der Waals surface area (Å²) in [6.07, 6.45) is 6.46. The number of carbonyl (C=O) groups is 1. The molecule has 2 aromatic carbocycles. The number of rotatable bonds is 8. The third-order valence-electron chi connectivity index (χ3n) is 6.51. The maximum Gasteiger partial charge on any atom is 0.244 e. The van der Waals surface area contributed by atoms with E-state index in [0.717, 1.165) is 17.5 Å². The zero-order valence-electron chi connectivity index (χ0n) is 17.8. The lowest BCUT2D eigenvalue weighted by molar-refractivity contribution is -0.123. The number of hydrogen-bond acceptors (Lipinski definition) is 4. The summed E-state index contributed by atoms with van der Waals surface area (Å²) in [5, 5.41) is 4.20. The Morgan fingerprint density at radius 3 is 2.73 bits per heavy atom. The van der Waals surface area contributed by atoms with E-state index in [1.165, 1.54) is 19.3 Å². The van der Waals surface area contributed by atoms with Gasteiger partial charge < -0.3 is 9.47 Å². The first-order chi connectivity index (χ1) is 14.6. The van der Waals surface area contributed by atoms with Crippen LogP contribution < -0.4 is 14.9 Å². The number of benzene rings is 2. The van der Waals surface area contributed by atoms with Gasteiger partial charge in [-0.15, -0.1) is 0 Å². The predicted molar refractivity (Wildman–Crippen MR) is 118 cm³/mol. The molecule has 1 N–H and O–H groups in total. The quantitative estimate of drug-likeness (QED) is 0.499. The summed E-state index contributed by atoms with van der Waals surface area (Å²) in [7, 11) is 0. The van der Waals surface area contributed by atoms with Crippen LogP contribution >= 0.6 is 0 Å². The third kappa shape index (κ3) is 4.35. The van der Waals surface area contributed by atoms with Gasteiger partial charge >= 0.3 is 0 Å². The van der Waals surface area contributed by atoms with Crippen molar-refractivity contribution in [1.82, 2.24) is 5.43 Å². The first-order valence-corrected chi connectivity index (χ1v) is 10.9. The summed E-state index contributed by atoms with van der Waals surface area (Å²) in [6, 6.07) is 15.7. The number of ether oxygens (including phenoxy) is 2. The lowest BCUT2D eigenvalue weighted by atomic mass is 9.90. The lowest BCUT2D eigenvalue weighted by Gasteiger charge is -2.15. The van der Waals surface area contributed by atoms with Gasteiger partial charge in [-0.05, 0) is 60.4 Å². The summed E-state index contributed by atoms with van der Waals surface area (Å²) >= 11 is 0. The Labute approximate surface area is 178 Å². The molecule has 4 rings (SSSR count). The molecule has 2 aliphatic rings. The van der Waals surface area contributed by atoms with Crippen molar-refractivity contribution in [3.8, 4) is 11.5 Å². The lowest BCUT2D eigenvalue weighted by Crippen LogP contribution is -2.22. The molecule has 5 heteroatoms. The summed E-state index contributed by atoms with van der Waals surface area (Å²) in [6.45, 7) is 5.21. The number of hydrazone groups is 1. The molecule has 2 aliphatic carbocycles. The van der Waals surface area contributed by atoms with Gasteiger partial charge in [-0.25, -0.2) is 5.43 Å². The second-order valence-electron chi connectivity index (χ2n) is 8.48. The second-order valence-corrected chi connectivity index (χ2v) is 8.48. The number of carbonyl (C=O) groups excluding carboxylic acids is 1. The van der Waals surface area contributed by atoms with Crippen molar-refractivity contribution < 1.29 is 14.3 Å². The largest absolute Gasteiger partial charge is 0.490 e. The highest BCUT2D eigenvalue weighted by Gasteiger charge is 2.64. The predicted octanol–water partition coefficient (Wildman–Crippen LogP) is 4.94. The molecule has 0 spiro atoms. The van der Waals surface area contributed by atoms with Gasteiger partial charge in [0.05, 0.1) is 12.8 Å². The van der Waals surface area contributed by atoms with Gasteiger partial charge in [-0.3, -0.25) is 4.79 Å². The minimum Gasteiger partial charge on any atom is -0.490 e. The van der Waals surface area contributed by atoms with Crippen molar-refractivity contribution in [2.75, 3.05) is 6.61 Å². The second kappa shape index (κ2) is 8.90. The number of fused-ring (bicyclic) bond motifs is 1. The van der Waals surface area contributed by atoms with Crippen LogP contribution in [-0.4, -0.2) is 18.7 Å². The monoisotopic (exact) mass is 406 g/mol. The average Bonchev–Trinajstić information content (AvgIpc) is 3.39. The maximum atomic E-state index is 12.5. The SMILES string of the molecule is CCOc1cc(/C=N/NC(=O)[C@@H]2[C@H]3CCCC[C@@]32C)ccc1OCc1ccccc1. The van der Waals surface area contributed by atoms with Crippen molar-refractivity contribution >= 4 is 12.1 Å². The number of nitrogens with one attached hydrogen (secondary N) is 1. The Kier molecular flexibility index (Phi) is 6.07. The fourth-order valence-corrected chi connectivity index (χ4v) is 4.82. The molecule has 2 aromatic rings. The van der Waals surface area contributed by atoms with Gasteiger partial charge in [0.25, 0.3) is 0 Å². The molecule has 5 nitrogen and oxygen atoms in total. The molecule has 30 heavy (non-hydrogen) atoms. The van der Waals surface area contributed by atoms with E-state index in [9.17, 15) is 4.79 Å². The highest BCUT2D eigenvalue weighted by molar-refractivity contribution is 5.86. The minimum atomic E-state index is 0.0495. The van der Waals surface area contributed by atoms with E-state index in [0.29, 0.717) is 30.6 Å². The van der Waals surface area contributed by atoms with Crippen LogP contribution in [-0.2, 0) is 11.4 Å². The molecular formula is C25H30N2O3. The molecular weight excluding hydrogens is 376 g/mol. The van der Waals surface area contributed by atoms with Crippen molar-refractivity contribution in [2.24, 2.45) is 22.4 Å². The van der Waals surface area contributed by atoms with Crippen LogP contribution in [0.2, 0.25) is 0 Å². The fraction of sp³-hybridized carbons (Fsp3) is 0.440. The summed E-state index contributed by atoms with van der Waals surface area (Å²) in [5.41, 5.74) is 4.89. The van der Waals surface area contributed by atoms with Crippen molar-refractivity contribution in [3.63, 3.8) is 0 Å². The van der Waals surface area contributed by atoms with Gasteiger partial charge in [-0.1, -0.05) is 50.1 Å². The van der Waals surface area contributed by atoms with Gasteiger partial charge in [0.2, 0.25) is 5.91 Å². The van der Waals surface area contributed by atoms with Crippen LogP contribution in [0.1, 0.15) is 50.7 Å². The molecule has 0 unspecified atom stereocenters. The number of nitrogens with zero attached hydrogens (tertiary/aromatic N) is 1. The van der Waals surface area contributed by atoms with Crippen LogP contribution in [0.25, 0.3) is 0 Å². The third-order valence-corrected chi connectivity index (χ3v) is 6.51. The van der Waals surface area contributed by atoms with Crippen molar-refractivity contribution in [3.05, 3.63) is 59.7 Å². The first-order valence-electron chi connectivity index (χ1n) is 10.9. The fourth-order valence-electron chi connectivity index (χ4n) is 4.82. The molecule has 3 atom stereocenters. The summed E-state index contributed by atoms with van der Waals surface area (Å²) in [4.78, 5) is 12.5. The van der Waals surface area contributed by atoms with E-state index in [4.69, 9.17) is 9.47 Å². The van der Waals surface area contributed by atoms with Gasteiger partial charge in [0.15, 0.2) is 11.5 Å². The smallest absolute Gasteiger partial charge is 0.244 e. The number of amides is 1. The van der Waals surface area contributed by atoms with E-state index in [-0.39, 0.29) is 17.2 Å². The molecule has 0 bridgehead atoms. The van der Waals surface area contributed by atoms with E-state index in [2.05, 4.69) is 17.5 Å². The van der Waals surface area contributed by atoms with Gasteiger partial charge in [0.1, 0.15) is 6.61 Å². The van der Waals surface area contributed by atoms with Gasteiger partial charge in [0, 0.05) is 5.92 Å². The van der Waals surface area contributed by atoms with Crippen LogP contribution in [0.3, 0.4) is 0 Å². The maximum absolute atomic E-state index is 12.5. The molecule has 0 radical (unpaired) electrons. The van der Waals surface area contributed by atoms with Crippen LogP contribution in [0.15, 0.2) is 53.6 Å². The van der Waals surface area contributed by atoms with Crippen molar-refractivity contribution in [1.29, 1.82) is 0 Å². The summed E-state index contributed by atoms with van der Waals surface area (Å²) in [5.74, 6) is 2.06. The molecule has 1 amide bonds. The number of hydrogen-bond donors (Lipinski definition) is 1. The molecule has 0 heterocycles. The molecule has 2 saturated carbocycles. The Bertz CT molecular complexity index is 912. The van der Waals surface area contributed by atoms with E-state index < -0.39 is 0 Å². The van der Waals surface area contributed by atoms with E-state index in [1.54, 1.807) is 6.21 Å². The first kappa shape index (κ1) is 20.5. The Hall–Kier alpha value is -2.82. The Morgan fingerprint density at radius 2 is 2.00 bits per heavy atom. The molecule has 0 saturated heterocycles. The summed E-state index contributed by atoms with van der Waals surface area (Å²) < 4.78 is 11.7. The Morgan fingerprint density at radius 1 is 1.17 bits per heavy atom. The van der Waals surface area contributed by atoms with Crippen molar-refractivity contribution in [2.45, 2.75) is 46.1 Å². The van der Waals surface area contributed by atoms with E-state index in [1.807, 2.05) is 55.5 Å².